The largest absolute Gasteiger partial charge is 0.338 e. The van der Waals surface area contributed by atoms with E-state index in [1.54, 1.807) is 33.5 Å². The fraction of sp³-hybridized carbons (Fsp3) is 0.625. The van der Waals surface area contributed by atoms with Gasteiger partial charge in [-0.2, -0.15) is 17.0 Å². The Hall–Kier alpha value is -2.30. The maximum absolute atomic E-state index is 13.6. The summed E-state index contributed by atoms with van der Waals surface area (Å²) in [7, 11) is -3.56. The molecule has 186 valence electrons. The van der Waals surface area contributed by atoms with Crippen LogP contribution in [0.1, 0.15) is 66.7 Å². The fourth-order valence-corrected chi connectivity index (χ4v) is 6.71. The first kappa shape index (κ1) is 24.8. The van der Waals surface area contributed by atoms with Crippen LogP contribution in [-0.4, -0.2) is 89.9 Å². The molecule has 1 atom stereocenters. The number of amides is 3. The Kier molecular flexibility index (Phi) is 7.39. The third kappa shape index (κ3) is 4.76. The number of carbonyl (C=O) groups is 3. The smallest absolute Gasteiger partial charge is 0.282 e. The Morgan fingerprint density at radius 3 is 1.82 bits per heavy atom. The van der Waals surface area contributed by atoms with Crippen LogP contribution >= 0.6 is 0 Å². The maximum Gasteiger partial charge on any atom is 0.282 e. The van der Waals surface area contributed by atoms with Gasteiger partial charge in [0.1, 0.15) is 6.04 Å². The van der Waals surface area contributed by atoms with E-state index in [1.807, 2.05) is 13.8 Å². The van der Waals surface area contributed by atoms with Gasteiger partial charge in [-0.05, 0) is 37.3 Å². The number of nitrogens with zero attached hydrogens (tertiary/aromatic N) is 4. The minimum Gasteiger partial charge on any atom is -0.338 e. The normalized spacial score (nSPS) is 21.6. The van der Waals surface area contributed by atoms with E-state index in [0.717, 1.165) is 30.6 Å². The Bertz CT molecular complexity index is 1010. The maximum atomic E-state index is 13.6. The van der Waals surface area contributed by atoms with Crippen molar-refractivity contribution in [3.63, 3.8) is 0 Å². The van der Waals surface area contributed by atoms with E-state index in [9.17, 15) is 22.8 Å². The van der Waals surface area contributed by atoms with E-state index in [0.29, 0.717) is 30.6 Å². The second-order valence-electron chi connectivity index (χ2n) is 9.72. The molecular formula is C24H34N4O5S. The molecule has 0 spiro atoms. The molecule has 0 bridgehead atoms. The van der Waals surface area contributed by atoms with Gasteiger partial charge in [-0.25, -0.2) is 0 Å². The first-order valence-corrected chi connectivity index (χ1v) is 13.6. The van der Waals surface area contributed by atoms with Crippen LogP contribution in [-0.2, 0) is 15.0 Å². The summed E-state index contributed by atoms with van der Waals surface area (Å²) in [4.78, 5) is 42.4. The number of hydrogen-bond acceptors (Lipinski definition) is 5. The van der Waals surface area contributed by atoms with Crippen molar-refractivity contribution in [2.45, 2.75) is 52.0 Å². The van der Waals surface area contributed by atoms with Crippen LogP contribution in [0.15, 0.2) is 24.3 Å². The van der Waals surface area contributed by atoms with Crippen LogP contribution in [0.2, 0.25) is 0 Å². The Morgan fingerprint density at radius 2 is 1.32 bits per heavy atom. The molecule has 0 N–H and O–H groups in total. The zero-order valence-corrected chi connectivity index (χ0v) is 20.8. The topological polar surface area (TPSA) is 98.3 Å². The molecule has 0 radical (unpaired) electrons. The fourth-order valence-electron chi connectivity index (χ4n) is 5.04. The summed E-state index contributed by atoms with van der Waals surface area (Å²) >= 11 is 0. The van der Waals surface area contributed by atoms with Gasteiger partial charge in [0.2, 0.25) is 5.91 Å². The van der Waals surface area contributed by atoms with Crippen molar-refractivity contribution in [3.05, 3.63) is 35.4 Å². The summed E-state index contributed by atoms with van der Waals surface area (Å²) in [6.45, 7) is 5.87. The SMILES string of the molecule is CC(C)C[C@@H](C(=O)N1CCN(S(=O)(=O)N2CCCCCC2)CC1)N1C(=O)c2ccccc2C1=O. The van der Waals surface area contributed by atoms with Crippen LogP contribution < -0.4 is 0 Å². The molecule has 1 aromatic carbocycles. The lowest BCUT2D eigenvalue weighted by Gasteiger charge is -2.39. The average Bonchev–Trinajstić information content (AvgIpc) is 3.00. The van der Waals surface area contributed by atoms with Gasteiger partial charge in [-0.15, -0.1) is 0 Å². The second-order valence-corrected chi connectivity index (χ2v) is 11.6. The quantitative estimate of drug-likeness (QED) is 0.568. The molecule has 3 aliphatic rings. The van der Waals surface area contributed by atoms with Crippen LogP contribution in [0.3, 0.4) is 0 Å². The number of carbonyl (C=O) groups excluding carboxylic acids is 3. The molecule has 34 heavy (non-hydrogen) atoms. The molecule has 4 rings (SSSR count). The molecule has 0 unspecified atom stereocenters. The minimum absolute atomic E-state index is 0.0861. The molecular weight excluding hydrogens is 456 g/mol. The second kappa shape index (κ2) is 10.1. The van der Waals surface area contributed by atoms with E-state index >= 15 is 0 Å². The molecule has 9 nitrogen and oxygen atoms in total. The molecule has 3 heterocycles. The summed E-state index contributed by atoms with van der Waals surface area (Å²) in [5.74, 6) is -1.10. The van der Waals surface area contributed by atoms with E-state index in [1.165, 1.54) is 4.31 Å². The van der Waals surface area contributed by atoms with E-state index in [4.69, 9.17) is 0 Å². The zero-order valence-electron chi connectivity index (χ0n) is 20.0. The summed E-state index contributed by atoms with van der Waals surface area (Å²) in [6, 6.07) is 5.73. The standard InChI is InChI=1S/C24H34N4O5S/c1-18(2)17-21(28-22(29)19-9-5-6-10-20(19)23(28)30)24(31)25-13-15-27(16-14-25)34(32,33)26-11-7-3-4-8-12-26/h5-6,9-10,18,21H,3-4,7-8,11-17H2,1-2H3/t21-/m0/s1. The first-order chi connectivity index (χ1) is 16.2. The van der Waals surface area contributed by atoms with Gasteiger partial charge in [0.05, 0.1) is 11.1 Å². The van der Waals surface area contributed by atoms with Crippen molar-refractivity contribution in [1.82, 2.24) is 18.4 Å². The highest BCUT2D eigenvalue weighted by Gasteiger charge is 2.44. The van der Waals surface area contributed by atoms with Crippen molar-refractivity contribution in [2.75, 3.05) is 39.3 Å². The van der Waals surface area contributed by atoms with Crippen LogP contribution in [0.5, 0.6) is 0 Å². The summed E-state index contributed by atoms with van der Waals surface area (Å²) in [5.41, 5.74) is 0.643. The molecule has 10 heteroatoms. The van der Waals surface area contributed by atoms with Crippen molar-refractivity contribution in [3.8, 4) is 0 Å². The first-order valence-electron chi connectivity index (χ1n) is 12.2. The van der Waals surface area contributed by atoms with E-state index in [-0.39, 0.29) is 38.0 Å². The number of imide groups is 1. The molecule has 0 aromatic heterocycles. The van der Waals surface area contributed by atoms with Crippen LogP contribution in [0.25, 0.3) is 0 Å². The summed E-state index contributed by atoms with van der Waals surface area (Å²) < 4.78 is 29.3. The van der Waals surface area contributed by atoms with E-state index in [2.05, 4.69) is 0 Å². The molecule has 3 aliphatic heterocycles. The van der Waals surface area contributed by atoms with Crippen molar-refractivity contribution in [1.29, 1.82) is 0 Å². The van der Waals surface area contributed by atoms with Crippen LogP contribution in [0.4, 0.5) is 0 Å². The minimum atomic E-state index is -3.56. The highest BCUT2D eigenvalue weighted by Crippen LogP contribution is 2.28. The molecule has 2 saturated heterocycles. The number of fused-ring (bicyclic) bond motifs is 1. The highest BCUT2D eigenvalue weighted by atomic mass is 32.2. The lowest BCUT2D eigenvalue weighted by Crippen LogP contribution is -2.58. The number of hydrogen-bond donors (Lipinski definition) is 0. The van der Waals surface area contributed by atoms with Gasteiger partial charge in [-0.3, -0.25) is 19.3 Å². The number of benzene rings is 1. The van der Waals surface area contributed by atoms with Gasteiger partial charge in [-0.1, -0.05) is 38.8 Å². The number of piperazine rings is 1. The van der Waals surface area contributed by atoms with Crippen molar-refractivity contribution in [2.24, 2.45) is 5.92 Å². The molecule has 2 fully saturated rings. The van der Waals surface area contributed by atoms with Crippen LogP contribution in [0, 0.1) is 5.92 Å². The molecule has 0 aliphatic carbocycles. The Labute approximate surface area is 201 Å². The van der Waals surface area contributed by atoms with Gasteiger partial charge >= 0.3 is 0 Å². The Morgan fingerprint density at radius 1 is 0.824 bits per heavy atom. The Balaban J connectivity index is 1.47. The highest BCUT2D eigenvalue weighted by molar-refractivity contribution is 7.86. The van der Waals surface area contributed by atoms with Crippen molar-refractivity contribution < 1.29 is 22.8 Å². The molecule has 0 saturated carbocycles. The third-order valence-corrected chi connectivity index (χ3v) is 8.92. The van der Waals surface area contributed by atoms with E-state index < -0.39 is 28.1 Å². The predicted octanol–water partition coefficient (Wildman–Crippen LogP) is 1.96. The third-order valence-electron chi connectivity index (χ3n) is 6.88. The molecule has 1 aromatic rings. The molecule has 3 amide bonds. The predicted molar refractivity (Wildman–Crippen MR) is 127 cm³/mol. The van der Waals surface area contributed by atoms with Gasteiger partial charge in [0.25, 0.3) is 22.0 Å². The van der Waals surface area contributed by atoms with Gasteiger partial charge in [0.15, 0.2) is 0 Å². The van der Waals surface area contributed by atoms with Crippen molar-refractivity contribution >= 4 is 27.9 Å². The summed E-state index contributed by atoms with van der Waals surface area (Å²) in [5, 5.41) is 0. The monoisotopic (exact) mass is 490 g/mol. The lowest BCUT2D eigenvalue weighted by atomic mass is 10.0. The number of rotatable bonds is 6. The van der Waals surface area contributed by atoms with Gasteiger partial charge < -0.3 is 4.90 Å². The summed E-state index contributed by atoms with van der Waals surface area (Å²) in [6.07, 6.45) is 4.19. The zero-order chi connectivity index (χ0) is 24.5. The lowest BCUT2D eigenvalue weighted by molar-refractivity contribution is -0.137. The average molecular weight is 491 g/mol. The van der Waals surface area contributed by atoms with Gasteiger partial charge in [0, 0.05) is 39.3 Å².